The van der Waals surface area contributed by atoms with E-state index in [0.717, 1.165) is 0 Å². The van der Waals surface area contributed by atoms with Gasteiger partial charge in [-0.1, -0.05) is 18.2 Å². The molecule has 1 aromatic rings. The highest BCUT2D eigenvalue weighted by molar-refractivity contribution is 5.72. The van der Waals surface area contributed by atoms with Crippen LogP contribution in [0.5, 0.6) is 0 Å². The molecule has 6 nitrogen and oxygen atoms in total. The maximum absolute atomic E-state index is 13.7. The van der Waals surface area contributed by atoms with Gasteiger partial charge in [-0.15, -0.1) is 0 Å². The normalized spacial score (nSPS) is 12.0. The zero-order valence-electron chi connectivity index (χ0n) is 12.1. The molecule has 1 atom stereocenters. The first-order valence-electron chi connectivity index (χ1n) is 6.15. The van der Waals surface area contributed by atoms with Crippen molar-refractivity contribution in [2.45, 2.75) is 38.8 Å². The highest BCUT2D eigenvalue weighted by atomic mass is 19.1. The molecule has 118 valence electrons. The van der Waals surface area contributed by atoms with Crippen molar-refractivity contribution in [2.24, 2.45) is 0 Å². The van der Waals surface area contributed by atoms with Gasteiger partial charge >= 0.3 is 12.1 Å². The topological polar surface area (TPSA) is 107 Å². The molecule has 0 aromatic heterocycles. The molecule has 1 rings (SSSR count). The van der Waals surface area contributed by atoms with Gasteiger partial charge in [-0.3, -0.25) is 4.79 Å². The molecule has 0 bridgehead atoms. The number of amides is 1. The second-order valence-corrected chi connectivity index (χ2v) is 5.32. The van der Waals surface area contributed by atoms with E-state index < -0.39 is 35.9 Å². The number of benzene rings is 1. The summed E-state index contributed by atoms with van der Waals surface area (Å²) in [6.45, 7) is 5.05. The van der Waals surface area contributed by atoms with Crippen LogP contribution in [-0.2, 0) is 9.53 Å². The van der Waals surface area contributed by atoms with Gasteiger partial charge in [-0.05, 0) is 26.8 Å². The fourth-order valence-corrected chi connectivity index (χ4v) is 1.62. The molecule has 21 heavy (non-hydrogen) atoms. The van der Waals surface area contributed by atoms with Crippen molar-refractivity contribution in [1.82, 2.24) is 5.32 Å². The molecule has 0 saturated carbocycles. The predicted molar refractivity (Wildman–Crippen MR) is 74.4 cm³/mol. The van der Waals surface area contributed by atoms with Gasteiger partial charge < -0.3 is 20.6 Å². The Bertz CT molecular complexity index is 498. The van der Waals surface area contributed by atoms with Gasteiger partial charge in [0, 0.05) is 5.56 Å². The lowest BCUT2D eigenvalue weighted by atomic mass is 10.0. The van der Waals surface area contributed by atoms with Crippen LogP contribution >= 0.6 is 0 Å². The van der Waals surface area contributed by atoms with Gasteiger partial charge in [0.05, 0.1) is 12.5 Å². The number of ether oxygens (including phenoxy) is 1. The van der Waals surface area contributed by atoms with Crippen LogP contribution < -0.4 is 5.32 Å². The number of halogens is 1. The average Bonchev–Trinajstić information content (AvgIpc) is 2.25. The number of alkyl carbamates (subject to hydrolysis) is 1. The Morgan fingerprint density at radius 2 is 1.90 bits per heavy atom. The summed E-state index contributed by atoms with van der Waals surface area (Å²) in [5, 5.41) is 11.2. The number of hydrogen-bond acceptors (Lipinski definition) is 3. The number of rotatable bonds is 4. The Labute approximate surface area is 122 Å². The maximum atomic E-state index is 13.7. The summed E-state index contributed by atoms with van der Waals surface area (Å²) in [4.78, 5) is 22.5. The SMILES string of the molecule is CC(C)(C)OC(=O)NC(CC(=O)O)c1ccccc1F.O. The van der Waals surface area contributed by atoms with Crippen LogP contribution in [0.4, 0.5) is 9.18 Å². The molecule has 1 aromatic carbocycles. The number of carboxylic acids is 1. The van der Waals surface area contributed by atoms with Crippen molar-refractivity contribution in [3.05, 3.63) is 35.6 Å². The van der Waals surface area contributed by atoms with Crippen molar-refractivity contribution >= 4 is 12.1 Å². The van der Waals surface area contributed by atoms with E-state index in [-0.39, 0.29) is 11.0 Å². The summed E-state index contributed by atoms with van der Waals surface area (Å²) in [6.07, 6.45) is -1.22. The molecule has 7 heteroatoms. The molecule has 0 saturated heterocycles. The smallest absolute Gasteiger partial charge is 0.408 e. The van der Waals surface area contributed by atoms with E-state index in [9.17, 15) is 14.0 Å². The Balaban J connectivity index is 0.00000400. The molecular weight excluding hydrogens is 281 g/mol. The van der Waals surface area contributed by atoms with Crippen LogP contribution in [0.1, 0.15) is 38.8 Å². The van der Waals surface area contributed by atoms with E-state index in [1.54, 1.807) is 26.8 Å². The lowest BCUT2D eigenvalue weighted by Gasteiger charge is -2.23. The number of aliphatic carboxylic acids is 1. The first kappa shape index (κ1) is 18.9. The van der Waals surface area contributed by atoms with Crippen LogP contribution in [0.2, 0.25) is 0 Å². The number of carbonyl (C=O) groups is 2. The highest BCUT2D eigenvalue weighted by Crippen LogP contribution is 2.21. The zero-order chi connectivity index (χ0) is 15.3. The molecule has 4 N–H and O–H groups in total. The van der Waals surface area contributed by atoms with Gasteiger partial charge in [0.1, 0.15) is 11.4 Å². The molecule has 0 aliphatic carbocycles. The molecule has 1 amide bonds. The van der Waals surface area contributed by atoms with E-state index >= 15 is 0 Å². The van der Waals surface area contributed by atoms with Gasteiger partial charge in [-0.2, -0.15) is 0 Å². The molecular formula is C14H20FNO5. The molecule has 0 heterocycles. The maximum Gasteiger partial charge on any atom is 0.408 e. The van der Waals surface area contributed by atoms with Crippen molar-refractivity contribution < 1.29 is 29.3 Å². The lowest BCUT2D eigenvalue weighted by Crippen LogP contribution is -2.36. The van der Waals surface area contributed by atoms with E-state index in [1.165, 1.54) is 18.2 Å². The monoisotopic (exact) mass is 301 g/mol. The minimum absolute atomic E-state index is 0. The van der Waals surface area contributed by atoms with Crippen molar-refractivity contribution in [2.75, 3.05) is 0 Å². The van der Waals surface area contributed by atoms with Crippen molar-refractivity contribution in [3.63, 3.8) is 0 Å². The molecule has 1 unspecified atom stereocenters. The predicted octanol–water partition coefficient (Wildman–Crippen LogP) is 2.04. The summed E-state index contributed by atoms with van der Waals surface area (Å²) in [5.74, 6) is -1.72. The van der Waals surface area contributed by atoms with Crippen molar-refractivity contribution in [1.29, 1.82) is 0 Å². The van der Waals surface area contributed by atoms with E-state index in [2.05, 4.69) is 5.32 Å². The summed E-state index contributed by atoms with van der Waals surface area (Å²) < 4.78 is 18.7. The van der Waals surface area contributed by atoms with Crippen LogP contribution in [0.25, 0.3) is 0 Å². The van der Waals surface area contributed by atoms with Gasteiger partial charge in [0.25, 0.3) is 0 Å². The number of hydrogen-bond donors (Lipinski definition) is 2. The first-order chi connectivity index (χ1) is 9.19. The quantitative estimate of drug-likeness (QED) is 0.887. The molecule has 0 aliphatic rings. The zero-order valence-corrected chi connectivity index (χ0v) is 12.1. The van der Waals surface area contributed by atoms with Crippen LogP contribution in [0, 0.1) is 5.82 Å². The minimum atomic E-state index is -1.14. The second kappa shape index (κ2) is 7.58. The average molecular weight is 301 g/mol. The van der Waals surface area contributed by atoms with Crippen LogP contribution in [0.3, 0.4) is 0 Å². The van der Waals surface area contributed by atoms with Gasteiger partial charge in [0.15, 0.2) is 0 Å². The van der Waals surface area contributed by atoms with Gasteiger partial charge in [0.2, 0.25) is 0 Å². The number of nitrogens with one attached hydrogen (secondary N) is 1. The summed E-state index contributed by atoms with van der Waals surface area (Å²) in [5.41, 5.74) is -0.603. The van der Waals surface area contributed by atoms with Crippen LogP contribution in [0.15, 0.2) is 24.3 Å². The van der Waals surface area contributed by atoms with Gasteiger partial charge in [-0.25, -0.2) is 9.18 Å². The summed E-state index contributed by atoms with van der Waals surface area (Å²) >= 11 is 0. The Hall–Kier alpha value is -2.15. The fourth-order valence-electron chi connectivity index (χ4n) is 1.62. The molecule has 0 fully saturated rings. The fraction of sp³-hybridized carbons (Fsp3) is 0.429. The van der Waals surface area contributed by atoms with E-state index in [4.69, 9.17) is 9.84 Å². The Morgan fingerprint density at radius 3 is 2.38 bits per heavy atom. The molecule has 0 aliphatic heterocycles. The minimum Gasteiger partial charge on any atom is -0.481 e. The van der Waals surface area contributed by atoms with E-state index in [0.29, 0.717) is 0 Å². The standard InChI is InChI=1S/C14H18FNO4.H2O/c1-14(2,3)20-13(19)16-11(8-12(17)18)9-6-4-5-7-10(9)15;/h4-7,11H,8H2,1-3H3,(H,16,19)(H,17,18);1H2. The largest absolute Gasteiger partial charge is 0.481 e. The molecule has 0 radical (unpaired) electrons. The third kappa shape index (κ3) is 6.71. The Kier molecular flexibility index (Phi) is 6.81. The first-order valence-corrected chi connectivity index (χ1v) is 6.15. The summed E-state index contributed by atoms with van der Waals surface area (Å²) in [6, 6.07) is 4.72. The molecule has 0 spiro atoms. The number of carbonyl (C=O) groups excluding carboxylic acids is 1. The Morgan fingerprint density at radius 1 is 1.33 bits per heavy atom. The second-order valence-electron chi connectivity index (χ2n) is 5.32. The van der Waals surface area contributed by atoms with Crippen molar-refractivity contribution in [3.8, 4) is 0 Å². The highest BCUT2D eigenvalue weighted by Gasteiger charge is 2.24. The van der Waals surface area contributed by atoms with E-state index in [1.807, 2.05) is 0 Å². The summed E-state index contributed by atoms with van der Waals surface area (Å²) in [7, 11) is 0. The third-order valence-corrected chi connectivity index (χ3v) is 2.35. The number of carboxylic acid groups (broad SMARTS) is 1. The van der Waals surface area contributed by atoms with Crippen LogP contribution in [-0.4, -0.2) is 28.2 Å². The lowest BCUT2D eigenvalue weighted by molar-refractivity contribution is -0.137. The third-order valence-electron chi connectivity index (χ3n) is 2.35.